The zero-order valence-electron chi connectivity index (χ0n) is 21.6. The number of carbonyl (C=O) groups is 2. The second-order valence-electron chi connectivity index (χ2n) is 9.27. The van der Waals surface area contributed by atoms with Crippen LogP contribution in [0.4, 0.5) is 5.69 Å². The second kappa shape index (κ2) is 12.8. The van der Waals surface area contributed by atoms with Crippen molar-refractivity contribution in [3.63, 3.8) is 0 Å². The molecule has 0 unspecified atom stereocenters. The van der Waals surface area contributed by atoms with Gasteiger partial charge in [-0.3, -0.25) is 13.9 Å². The largest absolute Gasteiger partial charge is 0.352 e. The molecule has 36 heavy (non-hydrogen) atoms. The highest BCUT2D eigenvalue weighted by Gasteiger charge is 2.31. The SMILES string of the molecule is CC[C@H](C)NC(=O)[C@H](C)N(Cc1ccc(Cl)cc1Cl)C(=O)CN(c1ccc(C(C)C)cc1)S(C)(=O)=O. The first-order chi connectivity index (χ1) is 16.7. The summed E-state index contributed by atoms with van der Waals surface area (Å²) in [5.74, 6) is -0.599. The third kappa shape index (κ3) is 8.11. The summed E-state index contributed by atoms with van der Waals surface area (Å²) in [7, 11) is -3.79. The second-order valence-corrected chi connectivity index (χ2v) is 12.0. The molecule has 2 amide bonds. The predicted molar refractivity (Wildman–Crippen MR) is 147 cm³/mol. The summed E-state index contributed by atoms with van der Waals surface area (Å²) >= 11 is 12.4. The number of anilines is 1. The molecular formula is C26H35Cl2N3O4S. The minimum atomic E-state index is -3.79. The van der Waals surface area contributed by atoms with Gasteiger partial charge in [0.2, 0.25) is 21.8 Å². The molecule has 0 heterocycles. The number of halogens is 2. The molecule has 0 fully saturated rings. The van der Waals surface area contributed by atoms with Crippen LogP contribution in [0, 0.1) is 0 Å². The maximum atomic E-state index is 13.6. The Morgan fingerprint density at radius 1 is 1.00 bits per heavy atom. The molecule has 0 bridgehead atoms. The van der Waals surface area contributed by atoms with Crippen molar-refractivity contribution in [3.8, 4) is 0 Å². The Bertz CT molecular complexity index is 1170. The van der Waals surface area contributed by atoms with E-state index in [0.29, 0.717) is 21.3 Å². The smallest absolute Gasteiger partial charge is 0.244 e. The molecule has 0 saturated heterocycles. The molecule has 0 aliphatic rings. The molecule has 2 rings (SSSR count). The number of sulfonamides is 1. The van der Waals surface area contributed by atoms with Crippen LogP contribution in [0.1, 0.15) is 58.1 Å². The van der Waals surface area contributed by atoms with E-state index in [4.69, 9.17) is 23.2 Å². The van der Waals surface area contributed by atoms with Crippen molar-refractivity contribution in [2.24, 2.45) is 0 Å². The Morgan fingerprint density at radius 3 is 2.11 bits per heavy atom. The molecule has 1 N–H and O–H groups in total. The highest BCUT2D eigenvalue weighted by Crippen LogP contribution is 2.25. The van der Waals surface area contributed by atoms with Crippen molar-refractivity contribution < 1.29 is 18.0 Å². The van der Waals surface area contributed by atoms with Crippen LogP contribution in [0.5, 0.6) is 0 Å². The Balaban J connectivity index is 2.42. The minimum absolute atomic E-state index is 0.00776. The Labute approximate surface area is 224 Å². The first kappa shape index (κ1) is 29.9. The van der Waals surface area contributed by atoms with Gasteiger partial charge in [-0.1, -0.05) is 62.2 Å². The molecule has 0 radical (unpaired) electrons. The van der Waals surface area contributed by atoms with Crippen LogP contribution in [0.3, 0.4) is 0 Å². The lowest BCUT2D eigenvalue weighted by Crippen LogP contribution is -2.52. The van der Waals surface area contributed by atoms with E-state index in [1.807, 2.05) is 39.8 Å². The molecule has 0 aromatic heterocycles. The van der Waals surface area contributed by atoms with Crippen LogP contribution in [-0.4, -0.2) is 50.0 Å². The van der Waals surface area contributed by atoms with E-state index in [1.165, 1.54) is 4.90 Å². The Kier molecular flexibility index (Phi) is 10.6. The van der Waals surface area contributed by atoms with Crippen molar-refractivity contribution in [2.75, 3.05) is 17.1 Å². The summed E-state index contributed by atoms with van der Waals surface area (Å²) in [4.78, 5) is 27.9. The number of rotatable bonds is 11. The summed E-state index contributed by atoms with van der Waals surface area (Å²) < 4.78 is 26.4. The minimum Gasteiger partial charge on any atom is -0.352 e. The molecule has 2 atom stereocenters. The average molecular weight is 557 g/mol. The number of amides is 2. The quantitative estimate of drug-likeness (QED) is 0.412. The van der Waals surface area contributed by atoms with Crippen molar-refractivity contribution in [2.45, 2.75) is 65.6 Å². The molecule has 0 saturated carbocycles. The Hall–Kier alpha value is -2.29. The molecule has 198 valence electrons. The zero-order valence-corrected chi connectivity index (χ0v) is 23.9. The van der Waals surface area contributed by atoms with Crippen molar-refractivity contribution >= 4 is 50.7 Å². The average Bonchev–Trinajstić information content (AvgIpc) is 2.80. The molecule has 2 aromatic carbocycles. The molecular weight excluding hydrogens is 521 g/mol. The third-order valence-corrected chi connectivity index (χ3v) is 7.78. The van der Waals surface area contributed by atoms with E-state index in [0.717, 1.165) is 22.5 Å². The molecule has 10 heteroatoms. The highest BCUT2D eigenvalue weighted by molar-refractivity contribution is 7.92. The van der Waals surface area contributed by atoms with Crippen molar-refractivity contribution in [3.05, 3.63) is 63.6 Å². The summed E-state index contributed by atoms with van der Waals surface area (Å²) in [6, 6.07) is 11.0. The third-order valence-electron chi connectivity index (χ3n) is 6.05. The number of hydrogen-bond acceptors (Lipinski definition) is 4. The summed E-state index contributed by atoms with van der Waals surface area (Å²) in [6.45, 7) is 9.05. The van der Waals surface area contributed by atoms with Gasteiger partial charge in [0.1, 0.15) is 12.6 Å². The van der Waals surface area contributed by atoms with Crippen LogP contribution in [0.25, 0.3) is 0 Å². The maximum absolute atomic E-state index is 13.6. The number of nitrogens with zero attached hydrogens (tertiary/aromatic N) is 2. The van der Waals surface area contributed by atoms with E-state index >= 15 is 0 Å². The predicted octanol–water partition coefficient (Wildman–Crippen LogP) is 5.21. The first-order valence-corrected chi connectivity index (χ1v) is 14.5. The van der Waals surface area contributed by atoms with Crippen LogP contribution < -0.4 is 9.62 Å². The van der Waals surface area contributed by atoms with Gasteiger partial charge < -0.3 is 10.2 Å². The van der Waals surface area contributed by atoms with Crippen LogP contribution >= 0.6 is 23.2 Å². The van der Waals surface area contributed by atoms with Gasteiger partial charge in [-0.15, -0.1) is 0 Å². The lowest BCUT2D eigenvalue weighted by atomic mass is 10.0. The van der Waals surface area contributed by atoms with E-state index in [2.05, 4.69) is 5.32 Å². The number of carbonyl (C=O) groups excluding carboxylic acids is 2. The fourth-order valence-electron chi connectivity index (χ4n) is 3.52. The normalized spacial score (nSPS) is 13.2. The topological polar surface area (TPSA) is 86.8 Å². The molecule has 0 aliphatic carbocycles. The van der Waals surface area contributed by atoms with Gasteiger partial charge in [0.25, 0.3) is 0 Å². The van der Waals surface area contributed by atoms with Crippen LogP contribution in [0.15, 0.2) is 42.5 Å². The maximum Gasteiger partial charge on any atom is 0.244 e. The lowest BCUT2D eigenvalue weighted by Gasteiger charge is -2.32. The van der Waals surface area contributed by atoms with Gasteiger partial charge >= 0.3 is 0 Å². The van der Waals surface area contributed by atoms with Crippen molar-refractivity contribution in [1.82, 2.24) is 10.2 Å². The van der Waals surface area contributed by atoms with Crippen LogP contribution in [0.2, 0.25) is 10.0 Å². The van der Waals surface area contributed by atoms with E-state index < -0.39 is 28.5 Å². The fraction of sp³-hybridized carbons (Fsp3) is 0.462. The van der Waals surface area contributed by atoms with E-state index in [-0.39, 0.29) is 24.4 Å². The lowest BCUT2D eigenvalue weighted by molar-refractivity contribution is -0.139. The van der Waals surface area contributed by atoms with Gasteiger partial charge in [0.05, 0.1) is 11.9 Å². The number of hydrogen-bond donors (Lipinski definition) is 1. The Morgan fingerprint density at radius 2 is 1.61 bits per heavy atom. The standard InChI is InChI=1S/C26H35Cl2N3O4S/c1-7-18(4)29-26(33)19(5)30(15-21-8-11-22(27)14-24(21)28)25(32)16-31(36(6,34)35)23-12-9-20(10-13-23)17(2)3/h8-14,17-19H,7,15-16H2,1-6H3,(H,29,33)/t18-,19-/m0/s1. The number of benzene rings is 2. The molecule has 7 nitrogen and oxygen atoms in total. The van der Waals surface area contributed by atoms with Gasteiger partial charge in [-0.25, -0.2) is 8.42 Å². The number of nitrogens with one attached hydrogen (secondary N) is 1. The highest BCUT2D eigenvalue weighted by atomic mass is 35.5. The summed E-state index contributed by atoms with van der Waals surface area (Å²) in [5, 5.41) is 3.68. The van der Waals surface area contributed by atoms with Gasteiger partial charge in [-0.2, -0.15) is 0 Å². The fourth-order valence-corrected chi connectivity index (χ4v) is 4.84. The van der Waals surface area contributed by atoms with E-state index in [9.17, 15) is 18.0 Å². The monoisotopic (exact) mass is 555 g/mol. The molecule has 0 aliphatic heterocycles. The summed E-state index contributed by atoms with van der Waals surface area (Å²) in [6.07, 6.45) is 1.78. The van der Waals surface area contributed by atoms with Gasteiger partial charge in [0, 0.05) is 22.6 Å². The first-order valence-electron chi connectivity index (χ1n) is 11.9. The van der Waals surface area contributed by atoms with E-state index in [1.54, 1.807) is 37.3 Å². The van der Waals surface area contributed by atoms with Crippen molar-refractivity contribution in [1.29, 1.82) is 0 Å². The zero-order chi connectivity index (χ0) is 27.2. The molecule has 2 aromatic rings. The summed E-state index contributed by atoms with van der Waals surface area (Å²) in [5.41, 5.74) is 2.01. The van der Waals surface area contributed by atoms with Gasteiger partial charge in [0.15, 0.2) is 0 Å². The van der Waals surface area contributed by atoms with Crippen LogP contribution in [-0.2, 0) is 26.2 Å². The molecule has 0 spiro atoms. The van der Waals surface area contributed by atoms with Gasteiger partial charge in [-0.05, 0) is 61.6 Å².